The van der Waals surface area contributed by atoms with Gasteiger partial charge in [0, 0.05) is 32.0 Å². The molecule has 1 aliphatic heterocycles. The van der Waals surface area contributed by atoms with Gasteiger partial charge in [0.05, 0.1) is 17.6 Å². The number of amides is 1. The Bertz CT molecular complexity index is 1250. The van der Waals surface area contributed by atoms with Gasteiger partial charge < -0.3 is 14.2 Å². The number of ether oxygens (including phenoxy) is 1. The number of imidazole rings is 1. The van der Waals surface area contributed by atoms with Crippen LogP contribution in [0.15, 0.2) is 78.9 Å². The fourth-order valence-corrected chi connectivity index (χ4v) is 4.76. The van der Waals surface area contributed by atoms with Gasteiger partial charge in [0.15, 0.2) is 0 Å². The molecule has 1 atom stereocenters. The number of aryl methyl sites for hydroxylation is 2. The maximum atomic E-state index is 12.8. The second kappa shape index (κ2) is 10.1. The molecule has 4 aromatic rings. The summed E-state index contributed by atoms with van der Waals surface area (Å²) in [6, 6.07) is 26.8. The molecule has 1 aliphatic rings. The molecule has 1 saturated heterocycles. The van der Waals surface area contributed by atoms with Crippen molar-refractivity contribution >= 4 is 16.9 Å². The number of hydrogen-bond donors (Lipinski definition) is 0. The van der Waals surface area contributed by atoms with Crippen LogP contribution < -0.4 is 4.74 Å². The van der Waals surface area contributed by atoms with E-state index in [1.807, 2.05) is 29.2 Å². The standard InChI is InChI=1S/C29H31N3O2/c1-22-12-14-25(15-13-22)34-19-7-17-32-27-11-6-5-10-26(27)30-29(32)24-20-28(33)31(21-24)18-16-23-8-3-2-4-9-23/h2-6,8-15,24H,7,16-21H2,1H3. The summed E-state index contributed by atoms with van der Waals surface area (Å²) in [7, 11) is 0. The van der Waals surface area contributed by atoms with Gasteiger partial charge in [-0.3, -0.25) is 4.79 Å². The molecule has 5 nitrogen and oxygen atoms in total. The minimum atomic E-state index is 0.119. The Hall–Kier alpha value is -3.60. The molecule has 1 unspecified atom stereocenters. The number of nitrogens with zero attached hydrogens (tertiary/aromatic N) is 3. The zero-order valence-corrected chi connectivity index (χ0v) is 19.7. The highest BCUT2D eigenvalue weighted by Crippen LogP contribution is 2.30. The van der Waals surface area contributed by atoms with Crippen molar-refractivity contribution in [2.75, 3.05) is 19.7 Å². The first kappa shape index (κ1) is 22.2. The first-order valence-electron chi connectivity index (χ1n) is 12.1. The average molecular weight is 454 g/mol. The van der Waals surface area contributed by atoms with Crippen molar-refractivity contribution in [2.45, 2.75) is 38.6 Å². The number of carbonyl (C=O) groups is 1. The van der Waals surface area contributed by atoms with E-state index in [0.29, 0.717) is 13.0 Å². The topological polar surface area (TPSA) is 47.4 Å². The van der Waals surface area contributed by atoms with Crippen molar-refractivity contribution in [1.29, 1.82) is 0 Å². The molecular weight excluding hydrogens is 422 g/mol. The monoisotopic (exact) mass is 453 g/mol. The van der Waals surface area contributed by atoms with Crippen LogP contribution >= 0.6 is 0 Å². The summed E-state index contributed by atoms with van der Waals surface area (Å²) in [4.78, 5) is 19.8. The van der Waals surface area contributed by atoms with Crippen LogP contribution in [-0.2, 0) is 17.8 Å². The van der Waals surface area contributed by atoms with E-state index in [4.69, 9.17) is 9.72 Å². The summed E-state index contributed by atoms with van der Waals surface area (Å²) >= 11 is 0. The summed E-state index contributed by atoms with van der Waals surface area (Å²) < 4.78 is 8.25. The Morgan fingerprint density at radius 2 is 1.71 bits per heavy atom. The molecule has 5 heteroatoms. The highest BCUT2D eigenvalue weighted by atomic mass is 16.5. The van der Waals surface area contributed by atoms with E-state index in [-0.39, 0.29) is 11.8 Å². The summed E-state index contributed by atoms with van der Waals surface area (Å²) in [5, 5.41) is 0. The van der Waals surface area contributed by atoms with Gasteiger partial charge in [0.2, 0.25) is 5.91 Å². The summed E-state index contributed by atoms with van der Waals surface area (Å²) in [6.45, 7) is 5.02. The molecule has 0 aliphatic carbocycles. The van der Waals surface area contributed by atoms with E-state index in [1.165, 1.54) is 11.1 Å². The van der Waals surface area contributed by atoms with Gasteiger partial charge in [-0.1, -0.05) is 60.2 Å². The maximum Gasteiger partial charge on any atom is 0.223 e. The largest absolute Gasteiger partial charge is 0.494 e. The van der Waals surface area contributed by atoms with Crippen LogP contribution in [0.1, 0.15) is 35.7 Å². The van der Waals surface area contributed by atoms with Crippen LogP contribution in [0.5, 0.6) is 5.75 Å². The summed E-state index contributed by atoms with van der Waals surface area (Å²) in [5.41, 5.74) is 4.61. The third kappa shape index (κ3) is 4.98. The van der Waals surface area contributed by atoms with Gasteiger partial charge in [-0.05, 0) is 49.6 Å². The van der Waals surface area contributed by atoms with Crippen molar-refractivity contribution in [3.8, 4) is 5.75 Å². The highest BCUT2D eigenvalue weighted by Gasteiger charge is 2.33. The zero-order chi connectivity index (χ0) is 23.3. The zero-order valence-electron chi connectivity index (χ0n) is 19.7. The van der Waals surface area contributed by atoms with Crippen molar-refractivity contribution in [2.24, 2.45) is 0 Å². The lowest BCUT2D eigenvalue weighted by atomic mass is 10.1. The minimum Gasteiger partial charge on any atom is -0.494 e. The number of benzene rings is 3. The molecule has 1 fully saturated rings. The number of hydrogen-bond acceptors (Lipinski definition) is 3. The van der Waals surface area contributed by atoms with Gasteiger partial charge in [-0.15, -0.1) is 0 Å². The van der Waals surface area contributed by atoms with Crippen molar-refractivity contribution in [1.82, 2.24) is 14.5 Å². The van der Waals surface area contributed by atoms with Crippen molar-refractivity contribution in [3.63, 3.8) is 0 Å². The molecule has 1 aromatic heterocycles. The van der Waals surface area contributed by atoms with Crippen LogP contribution in [0.4, 0.5) is 0 Å². The Morgan fingerprint density at radius 3 is 2.53 bits per heavy atom. The second-order valence-corrected chi connectivity index (χ2v) is 9.10. The van der Waals surface area contributed by atoms with Gasteiger partial charge in [-0.2, -0.15) is 0 Å². The van der Waals surface area contributed by atoms with Gasteiger partial charge >= 0.3 is 0 Å². The second-order valence-electron chi connectivity index (χ2n) is 9.10. The Morgan fingerprint density at radius 1 is 0.941 bits per heavy atom. The molecule has 0 radical (unpaired) electrons. The molecule has 0 bridgehead atoms. The van der Waals surface area contributed by atoms with E-state index < -0.39 is 0 Å². The van der Waals surface area contributed by atoms with E-state index in [2.05, 4.69) is 66.1 Å². The Labute approximate surface area is 201 Å². The molecule has 3 aromatic carbocycles. The van der Waals surface area contributed by atoms with E-state index in [9.17, 15) is 4.79 Å². The van der Waals surface area contributed by atoms with Gasteiger partial charge in [0.1, 0.15) is 11.6 Å². The molecule has 174 valence electrons. The smallest absolute Gasteiger partial charge is 0.223 e. The van der Waals surface area contributed by atoms with Crippen molar-refractivity contribution < 1.29 is 9.53 Å². The first-order chi connectivity index (χ1) is 16.7. The lowest BCUT2D eigenvalue weighted by Gasteiger charge is -2.17. The molecule has 34 heavy (non-hydrogen) atoms. The van der Waals surface area contributed by atoms with E-state index >= 15 is 0 Å². The van der Waals surface area contributed by atoms with Crippen LogP contribution in [0.25, 0.3) is 11.0 Å². The number of aromatic nitrogens is 2. The molecule has 0 spiro atoms. The average Bonchev–Trinajstić information content (AvgIpc) is 3.42. The quantitative estimate of drug-likeness (QED) is 0.320. The summed E-state index contributed by atoms with van der Waals surface area (Å²) in [6.07, 6.45) is 2.28. The third-order valence-electron chi connectivity index (χ3n) is 6.59. The number of rotatable bonds is 9. The van der Waals surface area contributed by atoms with E-state index in [0.717, 1.165) is 55.1 Å². The molecule has 5 rings (SSSR count). The van der Waals surface area contributed by atoms with Crippen LogP contribution in [0.3, 0.4) is 0 Å². The SMILES string of the molecule is Cc1ccc(OCCCn2c(C3CC(=O)N(CCc4ccccc4)C3)nc3ccccc32)cc1. The molecule has 0 saturated carbocycles. The number of para-hydroxylation sites is 2. The van der Waals surface area contributed by atoms with Crippen LogP contribution in [-0.4, -0.2) is 40.1 Å². The fraction of sp³-hybridized carbons (Fsp3) is 0.310. The third-order valence-corrected chi connectivity index (χ3v) is 6.59. The minimum absolute atomic E-state index is 0.119. The van der Waals surface area contributed by atoms with Crippen LogP contribution in [0.2, 0.25) is 0 Å². The first-order valence-corrected chi connectivity index (χ1v) is 12.1. The fourth-order valence-electron chi connectivity index (χ4n) is 4.76. The Balaban J connectivity index is 1.26. The van der Waals surface area contributed by atoms with Crippen molar-refractivity contribution in [3.05, 3.63) is 95.8 Å². The lowest BCUT2D eigenvalue weighted by molar-refractivity contribution is -0.127. The van der Waals surface area contributed by atoms with Crippen LogP contribution in [0, 0.1) is 6.92 Å². The predicted octanol–water partition coefficient (Wildman–Crippen LogP) is 5.37. The molecule has 0 N–H and O–H groups in total. The number of likely N-dealkylation sites (tertiary alicyclic amines) is 1. The normalized spacial score (nSPS) is 15.9. The van der Waals surface area contributed by atoms with Gasteiger partial charge in [0.25, 0.3) is 0 Å². The lowest BCUT2D eigenvalue weighted by Crippen LogP contribution is -2.27. The molecular formula is C29H31N3O2. The molecule has 2 heterocycles. The number of carbonyl (C=O) groups excluding carboxylic acids is 1. The maximum absolute atomic E-state index is 12.8. The highest BCUT2D eigenvalue weighted by molar-refractivity contribution is 5.81. The predicted molar refractivity (Wildman–Crippen MR) is 135 cm³/mol. The Kier molecular flexibility index (Phi) is 6.61. The number of fused-ring (bicyclic) bond motifs is 1. The summed E-state index contributed by atoms with van der Waals surface area (Å²) in [5.74, 6) is 2.26. The van der Waals surface area contributed by atoms with E-state index in [1.54, 1.807) is 0 Å². The van der Waals surface area contributed by atoms with Gasteiger partial charge in [-0.25, -0.2) is 4.98 Å². The molecule has 1 amide bonds.